The molecule has 0 radical (unpaired) electrons. The molecule has 0 aromatic heterocycles. The number of hydrogen-bond donors (Lipinski definition) is 3. The van der Waals surface area contributed by atoms with Crippen LogP contribution in [0, 0.1) is 11.8 Å². The lowest BCUT2D eigenvalue weighted by Gasteiger charge is -2.46. The molecule has 150 valence electrons. The van der Waals surface area contributed by atoms with Crippen molar-refractivity contribution >= 4 is 23.6 Å². The number of amides is 1. The number of likely N-dealkylation sites (tertiary alicyclic amines) is 1. The lowest BCUT2D eigenvalue weighted by molar-refractivity contribution is -0.163. The second-order valence-electron chi connectivity index (χ2n) is 8.28. The van der Waals surface area contributed by atoms with Crippen LogP contribution in [0.4, 0.5) is 0 Å². The first-order valence-electron chi connectivity index (χ1n) is 10.00. The minimum atomic E-state index is -1.03. The molecule has 27 heavy (non-hydrogen) atoms. The van der Waals surface area contributed by atoms with Gasteiger partial charge in [0.25, 0.3) is 0 Å². The minimum Gasteiger partial charge on any atom is -0.477 e. The number of rotatable bonds is 5. The summed E-state index contributed by atoms with van der Waals surface area (Å²) < 4.78 is 0. The van der Waals surface area contributed by atoms with Gasteiger partial charge in [-0.05, 0) is 45.8 Å². The summed E-state index contributed by atoms with van der Waals surface area (Å²) in [5, 5.41) is 23.5. The number of hydrogen-bond acceptors (Lipinski definition) is 6. The largest absolute Gasteiger partial charge is 0.477 e. The Labute approximate surface area is 164 Å². The van der Waals surface area contributed by atoms with Crippen LogP contribution >= 0.6 is 11.8 Å². The van der Waals surface area contributed by atoms with Crippen molar-refractivity contribution in [3.8, 4) is 0 Å². The summed E-state index contributed by atoms with van der Waals surface area (Å²) in [7, 11) is 0. The van der Waals surface area contributed by atoms with Crippen molar-refractivity contribution in [3.05, 3.63) is 10.6 Å². The van der Waals surface area contributed by atoms with E-state index in [2.05, 4.69) is 10.2 Å². The number of carbonyl (C=O) groups excluding carboxylic acids is 1. The molecule has 0 spiro atoms. The Bertz CT molecular complexity index is 661. The number of thioether (sulfide) groups is 1. The Balaban J connectivity index is 1.48. The number of aliphatic hydroxyl groups excluding tert-OH is 1. The normalized spacial score (nSPS) is 36.1. The molecule has 0 aliphatic carbocycles. The molecule has 4 aliphatic rings. The van der Waals surface area contributed by atoms with E-state index in [-0.39, 0.29) is 23.6 Å². The Hall–Kier alpha value is -1.09. The summed E-state index contributed by atoms with van der Waals surface area (Å²) >= 11 is 1.66. The fourth-order valence-electron chi connectivity index (χ4n) is 5.21. The Kier molecular flexibility index (Phi) is 5.26. The first kappa shape index (κ1) is 19.2. The molecule has 7 nitrogen and oxygen atoms in total. The quantitative estimate of drug-likeness (QED) is 0.590. The van der Waals surface area contributed by atoms with Crippen LogP contribution < -0.4 is 5.32 Å². The van der Waals surface area contributed by atoms with Crippen LogP contribution in [0.15, 0.2) is 10.6 Å². The minimum absolute atomic E-state index is 0.0358. The van der Waals surface area contributed by atoms with Gasteiger partial charge in [0.2, 0.25) is 5.91 Å². The number of carboxylic acid groups (broad SMARTS) is 1. The van der Waals surface area contributed by atoms with Gasteiger partial charge in [0.15, 0.2) is 0 Å². The van der Waals surface area contributed by atoms with Gasteiger partial charge in [0, 0.05) is 28.7 Å². The number of piperidine rings is 1. The number of nitrogens with zero attached hydrogens (tertiary/aromatic N) is 2. The number of aliphatic carboxylic acids is 1. The highest BCUT2D eigenvalue weighted by molar-refractivity contribution is 8.03. The number of β-lactam (4-membered cyclic amide) rings is 1. The SMILES string of the molecule is C[C@@H](O)[C@H]1C(=O)N2C(C(=O)O)=C(S[C@@H]3CCN(C4CCNCC4)C3)[C@H](C)[C@H]12. The molecule has 3 saturated heterocycles. The maximum atomic E-state index is 12.4. The van der Waals surface area contributed by atoms with Crippen LogP contribution in [-0.4, -0.2) is 81.5 Å². The van der Waals surface area contributed by atoms with Gasteiger partial charge in [-0.15, -0.1) is 11.8 Å². The van der Waals surface area contributed by atoms with Crippen LogP contribution in [0.5, 0.6) is 0 Å². The number of carbonyl (C=O) groups is 2. The molecular weight excluding hydrogens is 366 g/mol. The smallest absolute Gasteiger partial charge is 0.353 e. The van der Waals surface area contributed by atoms with Gasteiger partial charge in [0.05, 0.1) is 18.1 Å². The Morgan fingerprint density at radius 3 is 2.63 bits per heavy atom. The molecule has 1 amide bonds. The lowest BCUT2D eigenvalue weighted by atomic mass is 9.79. The lowest BCUT2D eigenvalue weighted by Crippen LogP contribution is -2.63. The first-order valence-corrected chi connectivity index (χ1v) is 10.9. The standard InChI is InChI=1S/C19H29N3O4S/c1-10-15-14(11(2)23)18(24)22(15)16(19(25)26)17(10)27-13-5-8-21(9-13)12-3-6-20-7-4-12/h10-15,20,23H,3-9H2,1-2H3,(H,25,26)/t10-,11-,13-,14-,15-/m1/s1. The van der Waals surface area contributed by atoms with E-state index in [0.29, 0.717) is 11.3 Å². The van der Waals surface area contributed by atoms with E-state index < -0.39 is 18.0 Å². The van der Waals surface area contributed by atoms with E-state index in [9.17, 15) is 19.8 Å². The topological polar surface area (TPSA) is 93.1 Å². The first-order chi connectivity index (χ1) is 12.9. The van der Waals surface area contributed by atoms with E-state index >= 15 is 0 Å². The third-order valence-electron chi connectivity index (χ3n) is 6.61. The van der Waals surface area contributed by atoms with Crippen LogP contribution in [0.2, 0.25) is 0 Å². The van der Waals surface area contributed by atoms with Gasteiger partial charge in [-0.1, -0.05) is 6.92 Å². The number of nitrogens with one attached hydrogen (secondary N) is 1. The zero-order valence-electron chi connectivity index (χ0n) is 15.9. The predicted molar refractivity (Wildman–Crippen MR) is 103 cm³/mol. The van der Waals surface area contributed by atoms with Crippen LogP contribution in [0.25, 0.3) is 0 Å². The highest BCUT2D eigenvalue weighted by atomic mass is 32.2. The molecule has 0 aromatic carbocycles. The molecule has 0 unspecified atom stereocenters. The van der Waals surface area contributed by atoms with Gasteiger partial charge in [0.1, 0.15) is 5.70 Å². The maximum Gasteiger partial charge on any atom is 0.353 e. The van der Waals surface area contributed by atoms with Gasteiger partial charge < -0.3 is 20.4 Å². The van der Waals surface area contributed by atoms with Crippen molar-refractivity contribution in [3.63, 3.8) is 0 Å². The van der Waals surface area contributed by atoms with Crippen LogP contribution in [0.3, 0.4) is 0 Å². The zero-order valence-corrected chi connectivity index (χ0v) is 16.7. The van der Waals surface area contributed by atoms with E-state index in [0.717, 1.165) is 37.5 Å². The Morgan fingerprint density at radius 2 is 2.00 bits per heavy atom. The van der Waals surface area contributed by atoms with E-state index in [1.54, 1.807) is 18.7 Å². The van der Waals surface area contributed by atoms with Gasteiger partial charge in [-0.25, -0.2) is 4.79 Å². The van der Waals surface area contributed by atoms with Crippen molar-refractivity contribution in [1.82, 2.24) is 15.1 Å². The zero-order chi connectivity index (χ0) is 19.3. The summed E-state index contributed by atoms with van der Waals surface area (Å²) in [6.07, 6.45) is 2.66. The average molecular weight is 396 g/mol. The van der Waals surface area contributed by atoms with Crippen LogP contribution in [0.1, 0.15) is 33.1 Å². The Morgan fingerprint density at radius 1 is 1.30 bits per heavy atom. The highest BCUT2D eigenvalue weighted by Gasteiger charge is 2.60. The monoisotopic (exact) mass is 395 g/mol. The summed E-state index contributed by atoms with van der Waals surface area (Å²) in [5.74, 6) is -1.80. The number of aliphatic hydroxyl groups is 1. The van der Waals surface area contributed by atoms with Crippen molar-refractivity contribution < 1.29 is 19.8 Å². The number of carboxylic acids is 1. The maximum absolute atomic E-state index is 12.4. The molecule has 8 heteroatoms. The van der Waals surface area contributed by atoms with Gasteiger partial charge in [-0.2, -0.15) is 0 Å². The van der Waals surface area contributed by atoms with Crippen molar-refractivity contribution in [1.29, 1.82) is 0 Å². The fourth-order valence-corrected chi connectivity index (χ4v) is 6.71. The summed E-state index contributed by atoms with van der Waals surface area (Å²) in [5.41, 5.74) is 0.153. The molecule has 4 rings (SSSR count). The van der Waals surface area contributed by atoms with Gasteiger partial charge in [-0.3, -0.25) is 9.69 Å². The second-order valence-corrected chi connectivity index (χ2v) is 9.62. The number of fused-ring (bicyclic) bond motifs is 1. The van der Waals surface area contributed by atoms with E-state index in [1.807, 2.05) is 6.92 Å². The predicted octanol–water partition coefficient (Wildman–Crippen LogP) is 0.700. The van der Waals surface area contributed by atoms with Crippen molar-refractivity contribution in [2.45, 2.75) is 56.5 Å². The van der Waals surface area contributed by atoms with E-state index in [4.69, 9.17) is 0 Å². The van der Waals surface area contributed by atoms with Crippen molar-refractivity contribution in [2.24, 2.45) is 11.8 Å². The molecule has 0 bridgehead atoms. The molecular formula is C19H29N3O4S. The summed E-state index contributed by atoms with van der Waals surface area (Å²) in [4.78, 5) is 29.1. The fraction of sp³-hybridized carbons (Fsp3) is 0.789. The molecule has 5 atom stereocenters. The van der Waals surface area contributed by atoms with Crippen LogP contribution in [-0.2, 0) is 9.59 Å². The molecule has 0 aromatic rings. The third-order valence-corrected chi connectivity index (χ3v) is 8.14. The second kappa shape index (κ2) is 7.39. The highest BCUT2D eigenvalue weighted by Crippen LogP contribution is 2.52. The van der Waals surface area contributed by atoms with E-state index in [1.165, 1.54) is 17.7 Å². The molecule has 4 heterocycles. The molecule has 3 N–H and O–H groups in total. The molecule has 3 fully saturated rings. The third kappa shape index (κ3) is 3.20. The molecule has 4 aliphatic heterocycles. The molecule has 0 saturated carbocycles. The summed E-state index contributed by atoms with van der Waals surface area (Å²) in [6.45, 7) is 7.81. The average Bonchev–Trinajstić information content (AvgIpc) is 3.18. The van der Waals surface area contributed by atoms with Crippen molar-refractivity contribution in [2.75, 3.05) is 26.2 Å². The van der Waals surface area contributed by atoms with Gasteiger partial charge >= 0.3 is 5.97 Å². The summed E-state index contributed by atoms with van der Waals surface area (Å²) in [6, 6.07) is 0.417.